The van der Waals surface area contributed by atoms with Crippen LogP contribution in [0.1, 0.15) is 13.3 Å². The largest absolute Gasteiger partial charge is 0.260 e. The van der Waals surface area contributed by atoms with Gasteiger partial charge in [-0.3, -0.25) is 9.71 Å². The van der Waals surface area contributed by atoms with Gasteiger partial charge in [0.2, 0.25) is 0 Å². The Bertz CT molecular complexity index is 190. The van der Waals surface area contributed by atoms with Crippen LogP contribution in [0.25, 0.3) is 0 Å². The average Bonchev–Trinajstić information content (AvgIpc) is 2.07. The van der Waals surface area contributed by atoms with Gasteiger partial charge in [0.05, 0.1) is 6.20 Å². The molecule has 0 unspecified atom stereocenters. The monoisotopic (exact) mass is 169 g/mol. The lowest BCUT2D eigenvalue weighted by atomic mass is 10.5. The zero-order valence-corrected chi connectivity index (χ0v) is 7.27. The molecule has 0 radical (unpaired) electrons. The minimum absolute atomic E-state index is 0.918. The second-order valence-corrected chi connectivity index (χ2v) is 2.95. The van der Waals surface area contributed by atoms with Gasteiger partial charge in [-0.05, 0) is 18.4 Å². The lowest BCUT2D eigenvalue weighted by molar-refractivity contribution is 0.873. The van der Waals surface area contributed by atoms with Crippen molar-refractivity contribution in [2.24, 2.45) is 0 Å². The summed E-state index contributed by atoms with van der Waals surface area (Å²) in [5.74, 6) is 0. The average molecular weight is 169 g/mol. The molecule has 1 aromatic heterocycles. The highest BCUT2D eigenvalue weighted by molar-refractivity contribution is 7.97. The summed E-state index contributed by atoms with van der Waals surface area (Å²) in [5, 5.41) is 0.918. The van der Waals surface area contributed by atoms with Crippen LogP contribution in [0.5, 0.6) is 0 Å². The molecule has 0 aliphatic heterocycles. The summed E-state index contributed by atoms with van der Waals surface area (Å²) < 4.78 is 3.17. The van der Waals surface area contributed by atoms with Gasteiger partial charge >= 0.3 is 0 Å². The van der Waals surface area contributed by atoms with Gasteiger partial charge in [0, 0.05) is 18.9 Å². The molecule has 0 bridgehead atoms. The molecule has 60 valence electrons. The Morgan fingerprint density at radius 1 is 1.55 bits per heavy atom. The fraction of sp³-hybridized carbons (Fsp3) is 0.429. The van der Waals surface area contributed by atoms with Gasteiger partial charge in [0.15, 0.2) is 0 Å². The molecule has 1 aromatic rings. The third-order valence-electron chi connectivity index (χ3n) is 1.07. The van der Waals surface area contributed by atoms with Crippen LogP contribution < -0.4 is 4.72 Å². The molecule has 4 heteroatoms. The normalized spacial score (nSPS) is 9.91. The Morgan fingerprint density at radius 3 is 3.09 bits per heavy atom. The van der Waals surface area contributed by atoms with E-state index in [4.69, 9.17) is 0 Å². The van der Waals surface area contributed by atoms with E-state index < -0.39 is 0 Å². The smallest absolute Gasteiger partial charge is 0.129 e. The Labute approximate surface area is 70.8 Å². The molecule has 0 aromatic carbocycles. The van der Waals surface area contributed by atoms with Crippen molar-refractivity contribution in [1.29, 1.82) is 0 Å². The number of nitrogens with one attached hydrogen (secondary N) is 1. The van der Waals surface area contributed by atoms with Crippen molar-refractivity contribution < 1.29 is 0 Å². The number of hydrogen-bond acceptors (Lipinski definition) is 4. The zero-order chi connectivity index (χ0) is 7.94. The molecule has 0 amide bonds. The number of aromatic nitrogens is 2. The molecule has 0 aliphatic rings. The highest BCUT2D eigenvalue weighted by atomic mass is 32.2. The summed E-state index contributed by atoms with van der Waals surface area (Å²) >= 11 is 1.52. The van der Waals surface area contributed by atoms with Gasteiger partial charge in [0.25, 0.3) is 0 Å². The van der Waals surface area contributed by atoms with Crippen LogP contribution in [-0.2, 0) is 0 Å². The second-order valence-electron chi connectivity index (χ2n) is 2.04. The third-order valence-corrected chi connectivity index (χ3v) is 1.84. The number of hydrogen-bond donors (Lipinski definition) is 1. The maximum atomic E-state index is 4.09. The summed E-state index contributed by atoms with van der Waals surface area (Å²) in [4.78, 5) is 8.03. The molecular weight excluding hydrogens is 158 g/mol. The van der Waals surface area contributed by atoms with Gasteiger partial charge in [0.1, 0.15) is 5.03 Å². The van der Waals surface area contributed by atoms with Crippen LogP contribution in [0.2, 0.25) is 0 Å². The summed E-state index contributed by atoms with van der Waals surface area (Å²) in [6.07, 6.45) is 6.24. The van der Waals surface area contributed by atoms with E-state index in [1.807, 2.05) is 0 Å². The van der Waals surface area contributed by atoms with Gasteiger partial charge < -0.3 is 0 Å². The highest BCUT2D eigenvalue weighted by Gasteiger charge is 1.91. The minimum Gasteiger partial charge on any atom is -0.260 e. The van der Waals surface area contributed by atoms with E-state index in [9.17, 15) is 0 Å². The Kier molecular flexibility index (Phi) is 3.93. The summed E-state index contributed by atoms with van der Waals surface area (Å²) in [6.45, 7) is 3.13. The molecule has 0 fully saturated rings. The highest BCUT2D eigenvalue weighted by Crippen LogP contribution is 2.06. The van der Waals surface area contributed by atoms with E-state index in [2.05, 4.69) is 21.6 Å². The van der Waals surface area contributed by atoms with Crippen LogP contribution in [-0.4, -0.2) is 16.5 Å². The predicted molar refractivity (Wildman–Crippen MR) is 46.2 cm³/mol. The standard InChI is InChI=1S/C7H11N3S/c1-2-3-10-11-7-6-8-4-5-9-7/h4-6,10H,2-3H2,1H3. The van der Waals surface area contributed by atoms with Crippen molar-refractivity contribution >= 4 is 11.9 Å². The fourth-order valence-corrected chi connectivity index (χ4v) is 1.25. The molecule has 1 N–H and O–H groups in total. The van der Waals surface area contributed by atoms with Crippen molar-refractivity contribution in [2.75, 3.05) is 6.54 Å². The van der Waals surface area contributed by atoms with Crippen molar-refractivity contribution in [1.82, 2.24) is 14.7 Å². The molecule has 0 saturated heterocycles. The van der Waals surface area contributed by atoms with E-state index in [1.165, 1.54) is 11.9 Å². The van der Waals surface area contributed by atoms with E-state index in [-0.39, 0.29) is 0 Å². The second kappa shape index (κ2) is 5.09. The lowest BCUT2D eigenvalue weighted by Crippen LogP contribution is -2.03. The molecule has 11 heavy (non-hydrogen) atoms. The molecule has 0 atom stereocenters. The molecule has 0 aliphatic carbocycles. The Morgan fingerprint density at radius 2 is 2.45 bits per heavy atom. The van der Waals surface area contributed by atoms with Gasteiger partial charge in [-0.1, -0.05) is 6.92 Å². The predicted octanol–water partition coefficient (Wildman–Crippen LogP) is 1.48. The van der Waals surface area contributed by atoms with Crippen LogP contribution in [0.3, 0.4) is 0 Å². The molecule has 1 rings (SSSR count). The maximum Gasteiger partial charge on any atom is 0.129 e. The van der Waals surface area contributed by atoms with Gasteiger partial charge in [-0.15, -0.1) is 0 Å². The van der Waals surface area contributed by atoms with Crippen molar-refractivity contribution in [2.45, 2.75) is 18.4 Å². The quantitative estimate of drug-likeness (QED) is 0.547. The SMILES string of the molecule is CCCNSc1cnccn1. The van der Waals surface area contributed by atoms with E-state index >= 15 is 0 Å². The number of rotatable bonds is 4. The zero-order valence-electron chi connectivity index (χ0n) is 6.45. The van der Waals surface area contributed by atoms with Crippen molar-refractivity contribution in [3.05, 3.63) is 18.6 Å². The molecule has 0 saturated carbocycles. The summed E-state index contributed by atoms with van der Waals surface area (Å²) in [5.41, 5.74) is 0. The van der Waals surface area contributed by atoms with Gasteiger partial charge in [-0.25, -0.2) is 4.98 Å². The first kappa shape index (κ1) is 8.49. The topological polar surface area (TPSA) is 37.8 Å². The first-order chi connectivity index (χ1) is 5.43. The number of nitrogens with zero attached hydrogens (tertiary/aromatic N) is 2. The van der Waals surface area contributed by atoms with Crippen LogP contribution >= 0.6 is 11.9 Å². The maximum absolute atomic E-state index is 4.09. The minimum atomic E-state index is 0.918. The Balaban J connectivity index is 2.28. The van der Waals surface area contributed by atoms with Crippen LogP contribution in [0, 0.1) is 0 Å². The van der Waals surface area contributed by atoms with E-state index in [0.29, 0.717) is 0 Å². The van der Waals surface area contributed by atoms with Gasteiger partial charge in [-0.2, -0.15) is 0 Å². The van der Waals surface area contributed by atoms with Crippen molar-refractivity contribution in [3.63, 3.8) is 0 Å². The van der Waals surface area contributed by atoms with Crippen LogP contribution in [0.4, 0.5) is 0 Å². The molecule has 3 nitrogen and oxygen atoms in total. The molecule has 0 spiro atoms. The van der Waals surface area contributed by atoms with E-state index in [1.54, 1.807) is 18.6 Å². The Hall–Kier alpha value is -0.610. The third kappa shape index (κ3) is 3.34. The van der Waals surface area contributed by atoms with Crippen molar-refractivity contribution in [3.8, 4) is 0 Å². The molecule has 1 heterocycles. The first-order valence-corrected chi connectivity index (χ1v) is 4.41. The lowest BCUT2D eigenvalue weighted by Gasteiger charge is -1.98. The summed E-state index contributed by atoms with van der Waals surface area (Å²) in [6, 6.07) is 0. The fourth-order valence-electron chi connectivity index (χ4n) is 0.565. The van der Waals surface area contributed by atoms with E-state index in [0.717, 1.165) is 18.0 Å². The van der Waals surface area contributed by atoms with Crippen LogP contribution in [0.15, 0.2) is 23.6 Å². The molecular formula is C7H11N3S. The first-order valence-electron chi connectivity index (χ1n) is 3.59. The summed E-state index contributed by atoms with van der Waals surface area (Å²) in [7, 11) is 0.